The lowest BCUT2D eigenvalue weighted by molar-refractivity contribution is 0.508. The third kappa shape index (κ3) is 7.41. The zero-order valence-corrected chi connectivity index (χ0v) is 8.57. The summed E-state index contributed by atoms with van der Waals surface area (Å²) in [5.74, 6) is 0.393. The molecule has 3 nitrogen and oxygen atoms in total. The summed E-state index contributed by atoms with van der Waals surface area (Å²) < 4.78 is 0. The van der Waals surface area contributed by atoms with Crippen molar-refractivity contribution in [1.82, 2.24) is 5.32 Å². The van der Waals surface area contributed by atoms with Crippen molar-refractivity contribution in [3.63, 3.8) is 0 Å². The van der Waals surface area contributed by atoms with Crippen molar-refractivity contribution < 1.29 is 0 Å². The summed E-state index contributed by atoms with van der Waals surface area (Å²) in [7, 11) is 0. The predicted octanol–water partition coefficient (Wildman–Crippen LogP) is 1.44. The van der Waals surface area contributed by atoms with Crippen LogP contribution in [0.15, 0.2) is 16.6 Å². The molecule has 0 spiro atoms. The molecule has 0 aliphatic rings. The molecular formula is C8H16ClN3. The van der Waals surface area contributed by atoms with Crippen molar-refractivity contribution >= 4 is 17.6 Å². The smallest absolute Gasteiger partial charge is 0.189 e. The van der Waals surface area contributed by atoms with Crippen LogP contribution in [-0.2, 0) is 0 Å². The monoisotopic (exact) mass is 189 g/mol. The van der Waals surface area contributed by atoms with Gasteiger partial charge in [0.15, 0.2) is 5.96 Å². The Balaban J connectivity index is 3.95. The van der Waals surface area contributed by atoms with Gasteiger partial charge in [-0.05, 0) is 20.8 Å². The van der Waals surface area contributed by atoms with Gasteiger partial charge in [-0.2, -0.15) is 0 Å². The second kappa shape index (κ2) is 4.36. The zero-order valence-electron chi connectivity index (χ0n) is 7.82. The average Bonchev–Trinajstić information content (AvgIpc) is 1.79. The van der Waals surface area contributed by atoms with Crippen molar-refractivity contribution in [3.05, 3.63) is 11.6 Å². The van der Waals surface area contributed by atoms with Crippen LogP contribution < -0.4 is 11.1 Å². The molecular weight excluding hydrogens is 174 g/mol. The highest BCUT2D eigenvalue weighted by molar-refractivity contribution is 6.29. The fourth-order valence-corrected chi connectivity index (χ4v) is 0.654. The number of nitrogens with one attached hydrogen (secondary N) is 1. The number of nitrogens with zero attached hydrogens (tertiary/aromatic N) is 1. The molecule has 3 N–H and O–H groups in total. The third-order valence-corrected chi connectivity index (χ3v) is 1.04. The molecule has 0 heterocycles. The number of hydrogen-bond acceptors (Lipinski definition) is 1. The van der Waals surface area contributed by atoms with Crippen LogP contribution in [0, 0.1) is 0 Å². The standard InChI is InChI=1S/C8H16ClN3/c1-6(9)5-11-7(10)12-8(2,3)4/h1,5H2,2-4H3,(H3,10,11,12). The van der Waals surface area contributed by atoms with E-state index in [9.17, 15) is 0 Å². The van der Waals surface area contributed by atoms with E-state index in [1.807, 2.05) is 20.8 Å². The molecule has 0 amide bonds. The van der Waals surface area contributed by atoms with E-state index < -0.39 is 0 Å². The SMILES string of the molecule is C=C(Cl)CN=C(N)NC(C)(C)C. The molecule has 0 unspecified atom stereocenters. The van der Waals surface area contributed by atoms with Crippen molar-refractivity contribution in [2.45, 2.75) is 26.3 Å². The van der Waals surface area contributed by atoms with Crippen molar-refractivity contribution in [1.29, 1.82) is 0 Å². The summed E-state index contributed by atoms with van der Waals surface area (Å²) >= 11 is 5.51. The fraction of sp³-hybridized carbons (Fsp3) is 0.625. The highest BCUT2D eigenvalue weighted by Crippen LogP contribution is 1.98. The minimum atomic E-state index is -0.0682. The van der Waals surface area contributed by atoms with Gasteiger partial charge in [0.05, 0.1) is 6.54 Å². The molecule has 0 atom stereocenters. The van der Waals surface area contributed by atoms with Crippen LogP contribution in [0.5, 0.6) is 0 Å². The Morgan fingerprint density at radius 1 is 1.58 bits per heavy atom. The van der Waals surface area contributed by atoms with Crippen molar-refractivity contribution in [2.75, 3.05) is 6.54 Å². The van der Waals surface area contributed by atoms with Crippen LogP contribution in [-0.4, -0.2) is 18.0 Å². The maximum absolute atomic E-state index is 5.55. The minimum Gasteiger partial charge on any atom is -0.370 e. The number of nitrogens with two attached hydrogens (primary N) is 1. The summed E-state index contributed by atoms with van der Waals surface area (Å²) in [6, 6.07) is 0. The van der Waals surface area contributed by atoms with Crippen LogP contribution >= 0.6 is 11.6 Å². The molecule has 0 saturated heterocycles. The van der Waals surface area contributed by atoms with Gasteiger partial charge in [-0.3, -0.25) is 0 Å². The first-order chi connectivity index (χ1) is 5.31. The van der Waals surface area contributed by atoms with E-state index in [1.165, 1.54) is 0 Å². The molecule has 12 heavy (non-hydrogen) atoms. The number of aliphatic imine (C=N–C) groups is 1. The van der Waals surface area contributed by atoms with E-state index in [4.69, 9.17) is 17.3 Å². The second-order valence-electron chi connectivity index (χ2n) is 3.59. The van der Waals surface area contributed by atoms with Gasteiger partial charge in [0.2, 0.25) is 0 Å². The molecule has 0 fully saturated rings. The molecule has 4 heteroatoms. The van der Waals surface area contributed by atoms with E-state index in [0.717, 1.165) is 0 Å². The lowest BCUT2D eigenvalue weighted by atomic mass is 10.1. The largest absolute Gasteiger partial charge is 0.370 e. The van der Waals surface area contributed by atoms with Crippen molar-refractivity contribution in [2.24, 2.45) is 10.7 Å². The molecule has 0 saturated carbocycles. The molecule has 0 bridgehead atoms. The predicted molar refractivity (Wildman–Crippen MR) is 54.4 cm³/mol. The van der Waals surface area contributed by atoms with E-state index >= 15 is 0 Å². The van der Waals surface area contributed by atoms with Gasteiger partial charge in [-0.15, -0.1) is 0 Å². The number of halogens is 1. The van der Waals surface area contributed by atoms with E-state index in [2.05, 4.69) is 16.9 Å². The molecule has 0 aromatic rings. The maximum Gasteiger partial charge on any atom is 0.189 e. The fourth-order valence-electron chi connectivity index (χ4n) is 0.595. The minimum absolute atomic E-state index is 0.0682. The Morgan fingerprint density at radius 3 is 2.42 bits per heavy atom. The van der Waals surface area contributed by atoms with E-state index in [0.29, 0.717) is 17.5 Å². The van der Waals surface area contributed by atoms with E-state index in [-0.39, 0.29) is 5.54 Å². The highest BCUT2D eigenvalue weighted by atomic mass is 35.5. The van der Waals surface area contributed by atoms with Crippen LogP contribution in [0.3, 0.4) is 0 Å². The summed E-state index contributed by atoms with van der Waals surface area (Å²) in [6.45, 7) is 9.87. The van der Waals surface area contributed by atoms with Crippen LogP contribution in [0.25, 0.3) is 0 Å². The Morgan fingerprint density at radius 2 is 2.08 bits per heavy atom. The number of guanidine groups is 1. The van der Waals surface area contributed by atoms with Gasteiger partial charge < -0.3 is 11.1 Å². The number of hydrogen-bond donors (Lipinski definition) is 2. The van der Waals surface area contributed by atoms with Gasteiger partial charge in [-0.1, -0.05) is 18.2 Å². The quantitative estimate of drug-likeness (QED) is 0.510. The lowest BCUT2D eigenvalue weighted by Gasteiger charge is -2.20. The van der Waals surface area contributed by atoms with E-state index in [1.54, 1.807) is 0 Å². The first-order valence-corrected chi connectivity index (χ1v) is 4.10. The normalized spacial score (nSPS) is 12.8. The van der Waals surface area contributed by atoms with Gasteiger partial charge in [-0.25, -0.2) is 4.99 Å². The maximum atomic E-state index is 5.55. The first kappa shape index (κ1) is 11.3. The Bertz CT molecular complexity index is 191. The molecule has 0 aliphatic carbocycles. The molecule has 0 rings (SSSR count). The Labute approximate surface area is 78.7 Å². The van der Waals surface area contributed by atoms with Crippen LogP contribution in [0.4, 0.5) is 0 Å². The summed E-state index contributed by atoms with van der Waals surface area (Å²) in [5.41, 5.74) is 5.48. The third-order valence-electron chi connectivity index (χ3n) is 0.924. The Hall–Kier alpha value is -0.700. The topological polar surface area (TPSA) is 50.4 Å². The average molecular weight is 190 g/mol. The van der Waals surface area contributed by atoms with Gasteiger partial charge in [0.25, 0.3) is 0 Å². The highest BCUT2D eigenvalue weighted by Gasteiger charge is 2.09. The first-order valence-electron chi connectivity index (χ1n) is 3.72. The zero-order chi connectivity index (χ0) is 9.78. The Kier molecular flexibility index (Phi) is 4.10. The second-order valence-corrected chi connectivity index (χ2v) is 4.13. The summed E-state index contributed by atoms with van der Waals surface area (Å²) in [4.78, 5) is 3.96. The lowest BCUT2D eigenvalue weighted by Crippen LogP contribution is -2.45. The molecule has 0 aromatic heterocycles. The van der Waals surface area contributed by atoms with Crippen molar-refractivity contribution in [3.8, 4) is 0 Å². The van der Waals surface area contributed by atoms with Gasteiger partial charge in [0.1, 0.15) is 0 Å². The molecule has 0 aliphatic heterocycles. The number of rotatable bonds is 2. The summed E-state index contributed by atoms with van der Waals surface area (Å²) in [6.07, 6.45) is 0. The van der Waals surface area contributed by atoms with Gasteiger partial charge in [0, 0.05) is 10.6 Å². The molecule has 70 valence electrons. The molecule has 0 aromatic carbocycles. The molecule has 0 radical (unpaired) electrons. The summed E-state index contributed by atoms with van der Waals surface area (Å²) in [5, 5.41) is 3.48. The van der Waals surface area contributed by atoms with Crippen LogP contribution in [0.2, 0.25) is 0 Å². The van der Waals surface area contributed by atoms with Gasteiger partial charge >= 0.3 is 0 Å². The van der Waals surface area contributed by atoms with Crippen LogP contribution in [0.1, 0.15) is 20.8 Å².